The fraction of sp³-hybridized carbons (Fsp3) is 0.625. The van der Waals surface area contributed by atoms with Gasteiger partial charge in [0.15, 0.2) is 5.54 Å². The molecule has 1 amide bonds. The monoisotopic (exact) mass is 399 g/mol. The molecule has 1 aromatic heterocycles. The van der Waals surface area contributed by atoms with E-state index in [0.29, 0.717) is 6.20 Å². The van der Waals surface area contributed by atoms with Crippen molar-refractivity contribution in [3.8, 4) is 0 Å². The van der Waals surface area contributed by atoms with Crippen molar-refractivity contribution >= 4 is 11.8 Å². The summed E-state index contributed by atoms with van der Waals surface area (Å²) in [5.41, 5.74) is -4.81. The Kier molecular flexibility index (Phi) is 5.28. The molecule has 27 heavy (non-hydrogen) atoms. The Bertz CT molecular complexity index is 699. The number of ether oxygens (including phenoxy) is 1. The van der Waals surface area contributed by atoms with Crippen LogP contribution in [-0.4, -0.2) is 41.5 Å². The lowest BCUT2D eigenvalue weighted by Gasteiger charge is -2.33. The van der Waals surface area contributed by atoms with E-state index in [1.807, 2.05) is 5.32 Å². The minimum Gasteiger partial charge on any atom is -0.444 e. The molecule has 1 fully saturated rings. The van der Waals surface area contributed by atoms with E-state index in [0.717, 1.165) is 17.2 Å². The maximum Gasteiger partial charge on any atom is 0.417 e. The molecule has 0 radical (unpaired) electrons. The van der Waals surface area contributed by atoms with E-state index in [1.54, 1.807) is 0 Å². The summed E-state index contributed by atoms with van der Waals surface area (Å²) < 4.78 is 84.4. The van der Waals surface area contributed by atoms with Crippen molar-refractivity contribution in [1.29, 1.82) is 0 Å². The van der Waals surface area contributed by atoms with Crippen molar-refractivity contribution in [2.24, 2.45) is 0 Å². The fourth-order valence-corrected chi connectivity index (χ4v) is 2.69. The SMILES string of the molecule is CC(C)(C)OC(=O)NC1(C(F)(F)F)CCN(c2cncc(C(F)(F)F)c2)C1. The van der Waals surface area contributed by atoms with Crippen LogP contribution in [0.15, 0.2) is 18.5 Å². The smallest absolute Gasteiger partial charge is 0.417 e. The number of hydrogen-bond acceptors (Lipinski definition) is 4. The first-order chi connectivity index (χ1) is 12.1. The van der Waals surface area contributed by atoms with E-state index < -0.39 is 48.1 Å². The lowest BCUT2D eigenvalue weighted by atomic mass is 9.98. The molecule has 0 aliphatic carbocycles. The molecule has 152 valence electrons. The van der Waals surface area contributed by atoms with E-state index in [2.05, 4.69) is 4.98 Å². The molecule has 2 rings (SSSR count). The number of anilines is 1. The van der Waals surface area contributed by atoms with E-state index in [4.69, 9.17) is 4.74 Å². The van der Waals surface area contributed by atoms with E-state index in [9.17, 15) is 31.1 Å². The normalized spacial score (nSPS) is 21.3. The molecule has 0 bridgehead atoms. The van der Waals surface area contributed by atoms with Crippen LogP contribution in [0.5, 0.6) is 0 Å². The maximum absolute atomic E-state index is 13.7. The van der Waals surface area contributed by atoms with Crippen LogP contribution in [0.25, 0.3) is 0 Å². The van der Waals surface area contributed by atoms with E-state index in [-0.39, 0.29) is 12.2 Å². The molecule has 1 unspecified atom stereocenters. The van der Waals surface area contributed by atoms with Gasteiger partial charge in [-0.05, 0) is 33.3 Å². The zero-order valence-electron chi connectivity index (χ0n) is 14.8. The highest BCUT2D eigenvalue weighted by atomic mass is 19.4. The molecule has 0 aromatic carbocycles. The molecule has 5 nitrogen and oxygen atoms in total. The number of pyridine rings is 1. The van der Waals surface area contributed by atoms with Gasteiger partial charge in [0.25, 0.3) is 0 Å². The van der Waals surface area contributed by atoms with Crippen molar-refractivity contribution in [2.45, 2.75) is 50.7 Å². The van der Waals surface area contributed by atoms with E-state index in [1.165, 1.54) is 20.8 Å². The predicted molar refractivity (Wildman–Crippen MR) is 84.2 cm³/mol. The van der Waals surface area contributed by atoms with Gasteiger partial charge in [0, 0.05) is 12.7 Å². The summed E-state index contributed by atoms with van der Waals surface area (Å²) >= 11 is 0. The quantitative estimate of drug-likeness (QED) is 0.760. The minimum atomic E-state index is -4.83. The third-order valence-corrected chi connectivity index (χ3v) is 3.97. The van der Waals surface area contributed by atoms with Gasteiger partial charge in [-0.1, -0.05) is 0 Å². The molecule has 1 saturated heterocycles. The summed E-state index contributed by atoms with van der Waals surface area (Å²) in [7, 11) is 0. The molecule has 11 heteroatoms. The first kappa shape index (κ1) is 21.1. The number of halogens is 6. The van der Waals surface area contributed by atoms with Crippen molar-refractivity contribution in [1.82, 2.24) is 10.3 Å². The number of carbonyl (C=O) groups excluding carboxylic acids is 1. The highest BCUT2D eigenvalue weighted by molar-refractivity contribution is 5.69. The third kappa shape index (κ3) is 4.95. The minimum absolute atomic E-state index is 0.109. The van der Waals surface area contributed by atoms with Gasteiger partial charge in [0.1, 0.15) is 5.60 Å². The lowest BCUT2D eigenvalue weighted by molar-refractivity contribution is -0.188. The molecule has 1 aliphatic rings. The van der Waals surface area contributed by atoms with Crippen LogP contribution in [0.4, 0.5) is 36.8 Å². The first-order valence-electron chi connectivity index (χ1n) is 7.98. The summed E-state index contributed by atoms with van der Waals surface area (Å²) in [5.74, 6) is 0. The first-order valence-corrected chi connectivity index (χ1v) is 7.98. The number of amides is 1. The molecule has 1 aliphatic heterocycles. The van der Waals surface area contributed by atoms with Crippen LogP contribution >= 0.6 is 0 Å². The van der Waals surface area contributed by atoms with Gasteiger partial charge in [0.05, 0.1) is 24.0 Å². The Hall–Kier alpha value is -2.20. The summed E-state index contributed by atoms with van der Waals surface area (Å²) in [6, 6.07) is 0.729. The molecule has 2 heterocycles. The van der Waals surface area contributed by atoms with Crippen LogP contribution < -0.4 is 10.2 Å². The zero-order chi connectivity index (χ0) is 20.7. The topological polar surface area (TPSA) is 54.5 Å². The maximum atomic E-state index is 13.7. The van der Waals surface area contributed by atoms with Crippen LogP contribution in [0.3, 0.4) is 0 Å². The Morgan fingerprint density at radius 2 is 1.81 bits per heavy atom. The van der Waals surface area contributed by atoms with Crippen molar-refractivity contribution in [2.75, 3.05) is 18.0 Å². The Balaban J connectivity index is 2.25. The van der Waals surface area contributed by atoms with Gasteiger partial charge in [0.2, 0.25) is 0 Å². The number of rotatable bonds is 2. The molecule has 0 saturated carbocycles. The Labute approximate surface area is 151 Å². The van der Waals surface area contributed by atoms with E-state index >= 15 is 0 Å². The lowest BCUT2D eigenvalue weighted by Crippen LogP contribution is -2.61. The number of alkyl halides is 6. The van der Waals surface area contributed by atoms with Crippen LogP contribution in [0.1, 0.15) is 32.8 Å². The van der Waals surface area contributed by atoms with Gasteiger partial charge < -0.3 is 15.0 Å². The standard InChI is InChI=1S/C16H19F6N3O2/c1-13(2,3)27-12(26)24-14(16(20,21)22)4-5-25(9-14)11-6-10(7-23-8-11)15(17,18)19/h6-8H,4-5,9H2,1-3H3,(H,24,26). The van der Waals surface area contributed by atoms with Gasteiger partial charge in [-0.25, -0.2) is 4.79 Å². The second-order valence-corrected chi connectivity index (χ2v) is 7.31. The number of nitrogens with one attached hydrogen (secondary N) is 1. The number of carbonyl (C=O) groups is 1. The Morgan fingerprint density at radius 1 is 1.19 bits per heavy atom. The van der Waals surface area contributed by atoms with Crippen molar-refractivity contribution in [3.63, 3.8) is 0 Å². The number of hydrogen-bond donors (Lipinski definition) is 1. The zero-order valence-corrected chi connectivity index (χ0v) is 14.8. The molecule has 1 aromatic rings. The second kappa shape index (κ2) is 6.75. The average Bonchev–Trinajstić information content (AvgIpc) is 2.89. The number of alkyl carbamates (subject to hydrolysis) is 1. The molecule has 1 N–H and O–H groups in total. The summed E-state index contributed by atoms with van der Waals surface area (Å²) in [6.07, 6.45) is -9.63. The van der Waals surface area contributed by atoms with Gasteiger partial charge in [-0.3, -0.25) is 4.98 Å². The van der Waals surface area contributed by atoms with Gasteiger partial charge in [-0.2, -0.15) is 26.3 Å². The number of nitrogens with zero attached hydrogens (tertiary/aromatic N) is 2. The Morgan fingerprint density at radius 3 is 2.33 bits per heavy atom. The molecule has 0 spiro atoms. The largest absolute Gasteiger partial charge is 0.444 e. The van der Waals surface area contributed by atoms with Gasteiger partial charge >= 0.3 is 18.4 Å². The van der Waals surface area contributed by atoms with Crippen LogP contribution in [0, 0.1) is 0 Å². The molecule has 1 atom stereocenters. The van der Waals surface area contributed by atoms with Crippen molar-refractivity contribution in [3.05, 3.63) is 24.0 Å². The second-order valence-electron chi connectivity index (χ2n) is 7.31. The third-order valence-electron chi connectivity index (χ3n) is 3.97. The summed E-state index contributed by atoms with van der Waals surface area (Å²) in [5, 5.41) is 1.86. The van der Waals surface area contributed by atoms with Crippen LogP contribution in [-0.2, 0) is 10.9 Å². The summed E-state index contributed by atoms with van der Waals surface area (Å²) in [4.78, 5) is 16.4. The fourth-order valence-electron chi connectivity index (χ4n) is 2.69. The van der Waals surface area contributed by atoms with Crippen molar-refractivity contribution < 1.29 is 35.9 Å². The number of aromatic nitrogens is 1. The molecular weight excluding hydrogens is 380 g/mol. The van der Waals surface area contributed by atoms with Gasteiger partial charge in [-0.15, -0.1) is 0 Å². The van der Waals surface area contributed by atoms with Crippen LogP contribution in [0.2, 0.25) is 0 Å². The average molecular weight is 399 g/mol. The highest BCUT2D eigenvalue weighted by Crippen LogP contribution is 2.40. The predicted octanol–water partition coefficient (Wildman–Crippen LogP) is 4.14. The summed E-state index contributed by atoms with van der Waals surface area (Å²) in [6.45, 7) is 3.54. The molecular formula is C16H19F6N3O2. The highest BCUT2D eigenvalue weighted by Gasteiger charge is 2.59.